The number of hydrogen-bond acceptors (Lipinski definition) is 4. The lowest BCUT2D eigenvalue weighted by atomic mass is 10.2. The Bertz CT molecular complexity index is 755. The lowest BCUT2D eigenvalue weighted by Gasteiger charge is -2.07. The molecule has 3 aromatic rings. The largest absolute Gasteiger partial charge is 0.494 e. The van der Waals surface area contributed by atoms with E-state index in [0.717, 1.165) is 5.69 Å². The maximum absolute atomic E-state index is 13.7. The molecule has 102 valence electrons. The number of nitrogen functional groups attached to an aromatic ring is 1. The molecule has 0 unspecified atom stereocenters. The molecular formula is C14H13FN4O. The highest BCUT2D eigenvalue weighted by atomic mass is 19.1. The summed E-state index contributed by atoms with van der Waals surface area (Å²) in [6.45, 7) is 0.470. The molecule has 0 aliphatic carbocycles. The van der Waals surface area contributed by atoms with Gasteiger partial charge in [-0.2, -0.15) is 0 Å². The molecule has 0 saturated heterocycles. The molecule has 0 radical (unpaired) electrons. The van der Waals surface area contributed by atoms with Crippen LogP contribution in [0.3, 0.4) is 0 Å². The number of nitrogens with zero attached hydrogens (tertiary/aromatic N) is 3. The number of anilines is 1. The third-order valence-electron chi connectivity index (χ3n) is 3.10. The lowest BCUT2D eigenvalue weighted by molar-refractivity contribution is 0.387. The summed E-state index contributed by atoms with van der Waals surface area (Å²) in [4.78, 5) is 8.42. The number of ether oxygens (including phenoxy) is 1. The summed E-state index contributed by atoms with van der Waals surface area (Å²) in [7, 11) is 1.42. The quantitative estimate of drug-likeness (QED) is 0.794. The van der Waals surface area contributed by atoms with Crippen molar-refractivity contribution in [1.82, 2.24) is 14.5 Å². The van der Waals surface area contributed by atoms with Crippen LogP contribution in [0.2, 0.25) is 0 Å². The fraction of sp³-hybridized carbons (Fsp3) is 0.143. The van der Waals surface area contributed by atoms with Crippen LogP contribution in [-0.4, -0.2) is 21.6 Å². The first-order valence-corrected chi connectivity index (χ1v) is 6.08. The summed E-state index contributed by atoms with van der Waals surface area (Å²) in [6.07, 6.45) is 1.71. The van der Waals surface area contributed by atoms with Gasteiger partial charge in [0.1, 0.15) is 0 Å². The number of fused-ring (bicyclic) bond motifs is 1. The molecule has 0 spiro atoms. The molecule has 0 saturated carbocycles. The van der Waals surface area contributed by atoms with Crippen molar-refractivity contribution in [1.29, 1.82) is 0 Å². The maximum Gasteiger partial charge on any atom is 0.201 e. The first-order chi connectivity index (χ1) is 9.69. The standard InChI is InChI=1S/C14H13FN4O/c1-20-13-7-12-11(6-10(13)15)18-14(16)19(12)8-9-4-2-3-5-17-9/h2-7H,8H2,1H3,(H2,16,18). The summed E-state index contributed by atoms with van der Waals surface area (Å²) in [5.41, 5.74) is 7.96. The number of nitrogens with two attached hydrogens (primary N) is 1. The van der Waals surface area contributed by atoms with Crippen molar-refractivity contribution in [3.63, 3.8) is 0 Å². The number of aromatic nitrogens is 3. The minimum absolute atomic E-state index is 0.166. The van der Waals surface area contributed by atoms with E-state index >= 15 is 0 Å². The molecule has 1 aromatic carbocycles. The SMILES string of the molecule is COc1cc2c(cc1F)nc(N)n2Cc1ccccn1. The van der Waals surface area contributed by atoms with E-state index in [1.54, 1.807) is 16.8 Å². The van der Waals surface area contributed by atoms with E-state index in [1.807, 2.05) is 18.2 Å². The van der Waals surface area contributed by atoms with Gasteiger partial charge >= 0.3 is 0 Å². The third-order valence-corrected chi connectivity index (χ3v) is 3.10. The minimum Gasteiger partial charge on any atom is -0.494 e. The van der Waals surface area contributed by atoms with Crippen molar-refractivity contribution in [3.05, 3.63) is 48.0 Å². The molecule has 2 heterocycles. The van der Waals surface area contributed by atoms with Crippen molar-refractivity contribution < 1.29 is 9.13 Å². The number of benzene rings is 1. The number of imidazole rings is 1. The smallest absolute Gasteiger partial charge is 0.201 e. The second-order valence-corrected chi connectivity index (χ2v) is 4.35. The van der Waals surface area contributed by atoms with Gasteiger partial charge in [0.15, 0.2) is 11.6 Å². The number of halogens is 1. The summed E-state index contributed by atoms with van der Waals surface area (Å²) >= 11 is 0. The van der Waals surface area contributed by atoms with Gasteiger partial charge in [0, 0.05) is 18.3 Å². The van der Waals surface area contributed by atoms with Gasteiger partial charge in [-0.1, -0.05) is 6.07 Å². The zero-order valence-electron chi connectivity index (χ0n) is 10.9. The van der Waals surface area contributed by atoms with Gasteiger partial charge in [0.2, 0.25) is 5.95 Å². The molecule has 6 heteroatoms. The Morgan fingerprint density at radius 3 is 2.90 bits per heavy atom. The van der Waals surface area contributed by atoms with Gasteiger partial charge in [-0.05, 0) is 12.1 Å². The Balaban J connectivity index is 2.12. The predicted octanol–water partition coefficient (Wildman–Crippen LogP) is 2.21. The van der Waals surface area contributed by atoms with Gasteiger partial charge in [-0.15, -0.1) is 0 Å². The normalized spacial score (nSPS) is 10.9. The monoisotopic (exact) mass is 272 g/mol. The van der Waals surface area contributed by atoms with E-state index in [-0.39, 0.29) is 5.75 Å². The van der Waals surface area contributed by atoms with Crippen LogP contribution in [0.5, 0.6) is 5.75 Å². The van der Waals surface area contributed by atoms with Crippen LogP contribution in [-0.2, 0) is 6.54 Å². The molecule has 0 aliphatic rings. The topological polar surface area (TPSA) is 66.0 Å². The van der Waals surface area contributed by atoms with Crippen LogP contribution in [0.4, 0.5) is 10.3 Å². The van der Waals surface area contributed by atoms with Crippen LogP contribution in [0, 0.1) is 5.82 Å². The van der Waals surface area contributed by atoms with Crippen LogP contribution >= 0.6 is 0 Å². The first-order valence-electron chi connectivity index (χ1n) is 6.08. The molecule has 5 nitrogen and oxygen atoms in total. The van der Waals surface area contributed by atoms with Crippen LogP contribution in [0.1, 0.15) is 5.69 Å². The Labute approximate surface area is 114 Å². The van der Waals surface area contributed by atoms with Crippen LogP contribution < -0.4 is 10.5 Å². The fourth-order valence-corrected chi connectivity index (χ4v) is 2.12. The van der Waals surface area contributed by atoms with E-state index in [1.165, 1.54) is 13.2 Å². The fourth-order valence-electron chi connectivity index (χ4n) is 2.12. The number of methoxy groups -OCH3 is 1. The summed E-state index contributed by atoms with van der Waals surface area (Å²) < 4.78 is 20.4. The number of hydrogen-bond donors (Lipinski definition) is 1. The van der Waals surface area contributed by atoms with Gasteiger partial charge in [0.05, 0.1) is 30.4 Å². The molecule has 0 bridgehead atoms. The highest BCUT2D eigenvalue weighted by molar-refractivity contribution is 5.80. The van der Waals surface area contributed by atoms with Crippen LogP contribution in [0.15, 0.2) is 36.5 Å². The van der Waals surface area contributed by atoms with Gasteiger partial charge in [-0.3, -0.25) is 4.98 Å². The zero-order chi connectivity index (χ0) is 14.1. The molecule has 0 aliphatic heterocycles. The van der Waals surface area contributed by atoms with E-state index in [0.29, 0.717) is 23.5 Å². The molecule has 2 N–H and O–H groups in total. The molecule has 2 aromatic heterocycles. The minimum atomic E-state index is -0.456. The van der Waals surface area contributed by atoms with Gasteiger partial charge < -0.3 is 15.0 Å². The Morgan fingerprint density at radius 2 is 2.20 bits per heavy atom. The average molecular weight is 272 g/mol. The lowest BCUT2D eigenvalue weighted by Crippen LogP contribution is -2.05. The maximum atomic E-state index is 13.7. The van der Waals surface area contributed by atoms with Crippen molar-refractivity contribution in [2.75, 3.05) is 12.8 Å². The van der Waals surface area contributed by atoms with Crippen molar-refractivity contribution in [2.45, 2.75) is 6.54 Å². The Hall–Kier alpha value is -2.63. The molecular weight excluding hydrogens is 259 g/mol. The number of pyridine rings is 1. The number of rotatable bonds is 3. The van der Waals surface area contributed by atoms with Crippen LogP contribution in [0.25, 0.3) is 11.0 Å². The highest BCUT2D eigenvalue weighted by Crippen LogP contribution is 2.26. The average Bonchev–Trinajstić information content (AvgIpc) is 2.74. The van der Waals surface area contributed by atoms with Gasteiger partial charge in [-0.25, -0.2) is 9.37 Å². The van der Waals surface area contributed by atoms with E-state index in [4.69, 9.17) is 10.5 Å². The summed E-state index contributed by atoms with van der Waals surface area (Å²) in [5.74, 6) is 0.0282. The second-order valence-electron chi connectivity index (χ2n) is 4.35. The highest BCUT2D eigenvalue weighted by Gasteiger charge is 2.13. The molecule has 3 rings (SSSR count). The molecule has 0 atom stereocenters. The first kappa shape index (κ1) is 12.4. The second kappa shape index (κ2) is 4.80. The summed E-state index contributed by atoms with van der Waals surface area (Å²) in [6, 6.07) is 8.55. The van der Waals surface area contributed by atoms with Crippen molar-refractivity contribution in [3.8, 4) is 5.75 Å². The Morgan fingerprint density at radius 1 is 1.35 bits per heavy atom. The van der Waals surface area contributed by atoms with Gasteiger partial charge in [0.25, 0.3) is 0 Å². The van der Waals surface area contributed by atoms with E-state index in [9.17, 15) is 4.39 Å². The summed E-state index contributed by atoms with van der Waals surface area (Å²) in [5, 5.41) is 0. The Kier molecular flexibility index (Phi) is 2.98. The predicted molar refractivity (Wildman–Crippen MR) is 74.0 cm³/mol. The molecule has 0 fully saturated rings. The molecule has 0 amide bonds. The molecule has 20 heavy (non-hydrogen) atoms. The van der Waals surface area contributed by atoms with E-state index in [2.05, 4.69) is 9.97 Å². The zero-order valence-corrected chi connectivity index (χ0v) is 10.9. The van der Waals surface area contributed by atoms with E-state index < -0.39 is 5.82 Å². The van der Waals surface area contributed by atoms with Crippen molar-refractivity contribution in [2.24, 2.45) is 0 Å². The third kappa shape index (κ3) is 2.05. The van der Waals surface area contributed by atoms with Crippen molar-refractivity contribution >= 4 is 17.0 Å².